The molecule has 0 aliphatic rings. The molecule has 0 atom stereocenters. The summed E-state index contributed by atoms with van der Waals surface area (Å²) >= 11 is 9.30. The number of H-pyrrole nitrogens is 1. The maximum atomic E-state index is 5.85. The van der Waals surface area contributed by atoms with Crippen LogP contribution < -0.4 is 0 Å². The quantitative estimate of drug-likeness (QED) is 0.679. The van der Waals surface area contributed by atoms with Crippen LogP contribution in [-0.4, -0.2) is 9.97 Å². The van der Waals surface area contributed by atoms with Gasteiger partial charge in [0.05, 0.1) is 11.0 Å². The van der Waals surface area contributed by atoms with E-state index in [4.69, 9.17) is 11.6 Å². The maximum absolute atomic E-state index is 5.85. The van der Waals surface area contributed by atoms with Gasteiger partial charge < -0.3 is 4.98 Å². The van der Waals surface area contributed by atoms with Crippen LogP contribution in [0.1, 0.15) is 5.56 Å². The third-order valence-electron chi connectivity index (χ3n) is 2.80. The minimum atomic E-state index is 0.514. The molecule has 0 aliphatic carbocycles. The standard InChI is InChI=1S/C14H10BrClN2/c15-11-4-5-12-13(7-11)18-14(17-12)10-3-1-2-9(6-10)8-16/h1-7H,8H2,(H,17,18). The SMILES string of the molecule is ClCc1cccc(-c2nc3ccc(Br)cc3[nH]2)c1. The van der Waals surface area contributed by atoms with Gasteiger partial charge in [-0.2, -0.15) is 0 Å². The Morgan fingerprint density at radius 2 is 2.06 bits per heavy atom. The summed E-state index contributed by atoms with van der Waals surface area (Å²) in [5.41, 5.74) is 4.14. The van der Waals surface area contributed by atoms with Crippen LogP contribution in [0, 0.1) is 0 Å². The van der Waals surface area contributed by atoms with E-state index in [2.05, 4.69) is 32.0 Å². The second kappa shape index (κ2) is 4.75. The summed E-state index contributed by atoms with van der Waals surface area (Å²) in [4.78, 5) is 7.90. The van der Waals surface area contributed by atoms with Crippen molar-refractivity contribution in [3.8, 4) is 11.4 Å². The molecule has 0 saturated carbocycles. The Labute approximate surface area is 118 Å². The van der Waals surface area contributed by atoms with Gasteiger partial charge in [-0.05, 0) is 29.8 Å². The molecule has 1 heterocycles. The number of nitrogens with one attached hydrogen (secondary N) is 1. The fourth-order valence-corrected chi connectivity index (χ4v) is 2.45. The molecule has 0 radical (unpaired) electrons. The molecule has 1 aromatic heterocycles. The number of fused-ring (bicyclic) bond motifs is 1. The van der Waals surface area contributed by atoms with Crippen LogP contribution in [0.5, 0.6) is 0 Å². The number of halogens is 2. The number of rotatable bonds is 2. The van der Waals surface area contributed by atoms with Gasteiger partial charge in [-0.15, -0.1) is 11.6 Å². The number of nitrogens with zero attached hydrogens (tertiary/aromatic N) is 1. The van der Waals surface area contributed by atoms with Crippen molar-refractivity contribution < 1.29 is 0 Å². The van der Waals surface area contributed by atoms with E-state index in [0.29, 0.717) is 5.88 Å². The number of hydrogen-bond donors (Lipinski definition) is 1. The summed E-state index contributed by atoms with van der Waals surface area (Å²) in [6.45, 7) is 0. The van der Waals surface area contributed by atoms with Gasteiger partial charge in [0, 0.05) is 15.9 Å². The van der Waals surface area contributed by atoms with Gasteiger partial charge in [0.15, 0.2) is 0 Å². The van der Waals surface area contributed by atoms with Gasteiger partial charge in [0.1, 0.15) is 5.82 Å². The number of hydrogen-bond acceptors (Lipinski definition) is 1. The molecule has 18 heavy (non-hydrogen) atoms. The minimum absolute atomic E-state index is 0.514. The number of aromatic nitrogens is 2. The minimum Gasteiger partial charge on any atom is -0.338 e. The molecule has 2 nitrogen and oxygen atoms in total. The van der Waals surface area contributed by atoms with Gasteiger partial charge in [0.25, 0.3) is 0 Å². The summed E-state index contributed by atoms with van der Waals surface area (Å²) < 4.78 is 1.04. The fraction of sp³-hybridized carbons (Fsp3) is 0.0714. The molecule has 2 aromatic carbocycles. The highest BCUT2D eigenvalue weighted by molar-refractivity contribution is 9.10. The van der Waals surface area contributed by atoms with Crippen LogP contribution >= 0.6 is 27.5 Å². The third-order valence-corrected chi connectivity index (χ3v) is 3.60. The molecule has 1 N–H and O–H groups in total. The zero-order valence-electron chi connectivity index (χ0n) is 9.45. The van der Waals surface area contributed by atoms with E-state index >= 15 is 0 Å². The van der Waals surface area contributed by atoms with E-state index in [-0.39, 0.29) is 0 Å². The van der Waals surface area contributed by atoms with E-state index in [1.807, 2.05) is 36.4 Å². The van der Waals surface area contributed by atoms with Crippen molar-refractivity contribution in [2.45, 2.75) is 5.88 Å². The molecular formula is C14H10BrClN2. The lowest BCUT2D eigenvalue weighted by molar-refractivity contribution is 1.31. The average molecular weight is 322 g/mol. The first kappa shape index (κ1) is 11.8. The Hall–Kier alpha value is -1.32. The molecule has 0 spiro atoms. The van der Waals surface area contributed by atoms with Crippen LogP contribution in [0.4, 0.5) is 0 Å². The van der Waals surface area contributed by atoms with Crippen LogP contribution in [0.3, 0.4) is 0 Å². The van der Waals surface area contributed by atoms with Crippen LogP contribution in [0.25, 0.3) is 22.4 Å². The molecule has 0 unspecified atom stereocenters. The van der Waals surface area contributed by atoms with Gasteiger partial charge in [0.2, 0.25) is 0 Å². The second-order valence-corrected chi connectivity index (χ2v) is 5.26. The average Bonchev–Trinajstić information content (AvgIpc) is 2.81. The highest BCUT2D eigenvalue weighted by Gasteiger charge is 2.06. The molecule has 0 amide bonds. The lowest BCUT2D eigenvalue weighted by atomic mass is 10.1. The Morgan fingerprint density at radius 3 is 2.89 bits per heavy atom. The zero-order chi connectivity index (χ0) is 12.5. The van der Waals surface area contributed by atoms with E-state index in [0.717, 1.165) is 32.5 Å². The Bertz CT molecular complexity index is 706. The zero-order valence-corrected chi connectivity index (χ0v) is 11.8. The van der Waals surface area contributed by atoms with Crippen molar-refractivity contribution in [1.82, 2.24) is 9.97 Å². The summed E-state index contributed by atoms with van der Waals surface area (Å²) in [7, 11) is 0. The molecule has 3 rings (SSSR count). The van der Waals surface area contributed by atoms with E-state index in [1.54, 1.807) is 0 Å². The van der Waals surface area contributed by atoms with Gasteiger partial charge >= 0.3 is 0 Å². The van der Waals surface area contributed by atoms with Crippen molar-refractivity contribution in [2.24, 2.45) is 0 Å². The molecule has 0 aliphatic heterocycles. The molecule has 3 aromatic rings. The van der Waals surface area contributed by atoms with Gasteiger partial charge in [-0.1, -0.05) is 34.1 Å². The van der Waals surface area contributed by atoms with E-state index < -0.39 is 0 Å². The molecule has 0 bridgehead atoms. The molecule has 90 valence electrons. The Balaban J connectivity index is 2.13. The normalized spacial score (nSPS) is 11.0. The fourth-order valence-electron chi connectivity index (χ4n) is 1.92. The molecule has 0 saturated heterocycles. The largest absolute Gasteiger partial charge is 0.338 e. The van der Waals surface area contributed by atoms with E-state index in [9.17, 15) is 0 Å². The summed E-state index contributed by atoms with van der Waals surface area (Å²) in [5, 5.41) is 0. The van der Waals surface area contributed by atoms with Crippen LogP contribution in [0.2, 0.25) is 0 Å². The van der Waals surface area contributed by atoms with E-state index in [1.165, 1.54) is 0 Å². The first-order valence-corrected chi connectivity index (χ1v) is 6.89. The van der Waals surface area contributed by atoms with Gasteiger partial charge in [-0.3, -0.25) is 0 Å². The second-order valence-electron chi connectivity index (χ2n) is 4.08. The maximum Gasteiger partial charge on any atom is 0.138 e. The first-order valence-electron chi connectivity index (χ1n) is 5.57. The van der Waals surface area contributed by atoms with Crippen molar-refractivity contribution in [3.05, 3.63) is 52.5 Å². The molecule has 4 heteroatoms. The Kier molecular flexibility index (Phi) is 3.10. The summed E-state index contributed by atoms with van der Waals surface area (Å²) in [6, 6.07) is 14.1. The smallest absolute Gasteiger partial charge is 0.138 e. The molecular weight excluding hydrogens is 312 g/mol. The predicted octanol–water partition coefficient (Wildman–Crippen LogP) is 4.73. The highest BCUT2D eigenvalue weighted by Crippen LogP contribution is 2.23. The predicted molar refractivity (Wildman–Crippen MR) is 78.8 cm³/mol. The van der Waals surface area contributed by atoms with Gasteiger partial charge in [-0.25, -0.2) is 4.98 Å². The highest BCUT2D eigenvalue weighted by atomic mass is 79.9. The number of benzene rings is 2. The van der Waals surface area contributed by atoms with Crippen molar-refractivity contribution in [2.75, 3.05) is 0 Å². The lowest BCUT2D eigenvalue weighted by Crippen LogP contribution is -1.83. The van der Waals surface area contributed by atoms with Crippen molar-refractivity contribution >= 4 is 38.6 Å². The van der Waals surface area contributed by atoms with Crippen LogP contribution in [-0.2, 0) is 5.88 Å². The lowest BCUT2D eigenvalue weighted by Gasteiger charge is -1.99. The summed E-state index contributed by atoms with van der Waals surface area (Å²) in [6.07, 6.45) is 0. The van der Waals surface area contributed by atoms with Crippen LogP contribution in [0.15, 0.2) is 46.9 Å². The summed E-state index contributed by atoms with van der Waals surface area (Å²) in [5.74, 6) is 1.38. The topological polar surface area (TPSA) is 28.7 Å². The Morgan fingerprint density at radius 1 is 1.17 bits per heavy atom. The number of aromatic amines is 1. The molecule has 0 fully saturated rings. The van der Waals surface area contributed by atoms with Crippen molar-refractivity contribution in [1.29, 1.82) is 0 Å². The monoisotopic (exact) mass is 320 g/mol. The number of alkyl halides is 1. The third kappa shape index (κ3) is 2.16. The first-order chi connectivity index (χ1) is 8.76. The number of imidazole rings is 1. The van der Waals surface area contributed by atoms with Crippen molar-refractivity contribution in [3.63, 3.8) is 0 Å².